The van der Waals surface area contributed by atoms with E-state index in [0.717, 1.165) is 76.0 Å². The van der Waals surface area contributed by atoms with Gasteiger partial charge in [-0.3, -0.25) is 0 Å². The molecule has 0 heterocycles. The molecule has 8 aliphatic rings. The third kappa shape index (κ3) is 4.23. The van der Waals surface area contributed by atoms with Crippen molar-refractivity contribution in [2.24, 2.45) is 69.0 Å². The molecule has 8 rings (SSSR count). The standard InChI is InChI=1S/C40H62O4/c1-35-17-19-39(43,23-25(35)5-7-27-29-9-11-33(41)37(29,3)15-13-31(27)35)21-22-40(44)20-18-36(2)26(24-40)6-8-28-30-10-12-34(42)38(30,4)16-14-32(28)36/h25-34,41-44H,5-20,23-24H2,1-4H3/t25-,26-,27-,28-,29-,30+,31-,32-,33-,34-,35-,36-,37-,38-,39-,40+/m0/s1. The van der Waals surface area contributed by atoms with Crippen LogP contribution in [0.1, 0.15) is 143 Å². The van der Waals surface area contributed by atoms with Gasteiger partial charge in [-0.15, -0.1) is 0 Å². The van der Waals surface area contributed by atoms with Gasteiger partial charge in [-0.1, -0.05) is 39.5 Å². The molecule has 0 radical (unpaired) electrons. The second-order valence-corrected chi connectivity index (χ2v) is 19.3. The first-order valence-electron chi connectivity index (χ1n) is 19.1. The van der Waals surface area contributed by atoms with Gasteiger partial charge in [0, 0.05) is 0 Å². The van der Waals surface area contributed by atoms with E-state index >= 15 is 0 Å². The first-order valence-corrected chi connectivity index (χ1v) is 19.1. The van der Waals surface area contributed by atoms with Crippen molar-refractivity contribution in [1.29, 1.82) is 0 Å². The summed E-state index contributed by atoms with van der Waals surface area (Å²) in [6.45, 7) is 9.79. The van der Waals surface area contributed by atoms with Crippen LogP contribution in [0, 0.1) is 80.8 Å². The maximum atomic E-state index is 11.9. The van der Waals surface area contributed by atoms with E-state index in [9.17, 15) is 20.4 Å². The summed E-state index contributed by atoms with van der Waals surface area (Å²) in [7, 11) is 0. The van der Waals surface area contributed by atoms with Gasteiger partial charge < -0.3 is 20.4 Å². The van der Waals surface area contributed by atoms with Crippen LogP contribution in [-0.4, -0.2) is 43.8 Å². The molecule has 16 atom stereocenters. The minimum Gasteiger partial charge on any atom is -0.393 e. The molecule has 0 saturated heterocycles. The molecule has 0 aromatic heterocycles. The predicted octanol–water partition coefficient (Wildman–Crippen LogP) is 7.26. The van der Waals surface area contributed by atoms with Crippen LogP contribution in [0.25, 0.3) is 0 Å². The van der Waals surface area contributed by atoms with Gasteiger partial charge >= 0.3 is 0 Å². The Morgan fingerprint density at radius 2 is 0.818 bits per heavy atom. The monoisotopic (exact) mass is 606 g/mol. The Bertz CT molecular complexity index is 1130. The fraction of sp³-hybridized carbons (Fsp3) is 0.950. The van der Waals surface area contributed by atoms with Crippen molar-refractivity contribution in [3.8, 4) is 11.8 Å². The first-order chi connectivity index (χ1) is 20.7. The quantitative estimate of drug-likeness (QED) is 0.219. The van der Waals surface area contributed by atoms with Crippen LogP contribution >= 0.6 is 0 Å². The lowest BCUT2D eigenvalue weighted by atomic mass is 9.44. The van der Waals surface area contributed by atoms with E-state index in [1.165, 1.54) is 51.4 Å². The summed E-state index contributed by atoms with van der Waals surface area (Å²) < 4.78 is 0. The molecule has 0 aromatic carbocycles. The zero-order valence-corrected chi connectivity index (χ0v) is 28.3. The van der Waals surface area contributed by atoms with E-state index < -0.39 is 11.2 Å². The molecule has 0 bridgehead atoms. The fourth-order valence-corrected chi connectivity index (χ4v) is 14.9. The third-order valence-corrected chi connectivity index (χ3v) is 17.9. The van der Waals surface area contributed by atoms with Crippen LogP contribution in [0.2, 0.25) is 0 Å². The molecule has 0 amide bonds. The van der Waals surface area contributed by atoms with Gasteiger partial charge in [0.05, 0.1) is 12.2 Å². The van der Waals surface area contributed by atoms with Crippen LogP contribution in [0.3, 0.4) is 0 Å². The van der Waals surface area contributed by atoms with Gasteiger partial charge in [0.2, 0.25) is 0 Å². The summed E-state index contributed by atoms with van der Waals surface area (Å²) in [5.74, 6) is 12.0. The molecule has 4 N–H and O–H groups in total. The molecular formula is C40H62O4. The number of fused-ring (bicyclic) bond motifs is 10. The normalized spacial score (nSPS) is 61.3. The van der Waals surface area contributed by atoms with Crippen LogP contribution in [0.5, 0.6) is 0 Å². The van der Waals surface area contributed by atoms with Gasteiger partial charge in [0.1, 0.15) is 11.2 Å². The highest BCUT2D eigenvalue weighted by molar-refractivity contribution is 5.26. The van der Waals surface area contributed by atoms with Crippen molar-refractivity contribution < 1.29 is 20.4 Å². The van der Waals surface area contributed by atoms with Crippen LogP contribution in [-0.2, 0) is 0 Å². The molecule has 8 saturated carbocycles. The summed E-state index contributed by atoms with van der Waals surface area (Å²) in [5.41, 5.74) is -1.19. The maximum absolute atomic E-state index is 11.9. The lowest BCUT2D eigenvalue weighted by molar-refractivity contribution is -0.145. The van der Waals surface area contributed by atoms with E-state index in [1.807, 2.05) is 0 Å². The van der Waals surface area contributed by atoms with E-state index in [2.05, 4.69) is 39.5 Å². The third-order valence-electron chi connectivity index (χ3n) is 17.9. The van der Waals surface area contributed by atoms with Gasteiger partial charge in [-0.2, -0.15) is 0 Å². The Labute approximate surface area is 267 Å². The Balaban J connectivity index is 0.951. The van der Waals surface area contributed by atoms with Gasteiger partial charge in [-0.05, 0) is 185 Å². The van der Waals surface area contributed by atoms with Crippen molar-refractivity contribution in [3.63, 3.8) is 0 Å². The Kier molecular flexibility index (Phi) is 6.96. The summed E-state index contributed by atoms with van der Waals surface area (Å²) >= 11 is 0. The van der Waals surface area contributed by atoms with Crippen LogP contribution < -0.4 is 0 Å². The highest BCUT2D eigenvalue weighted by Crippen LogP contribution is 2.68. The van der Waals surface area contributed by atoms with Gasteiger partial charge in [0.25, 0.3) is 0 Å². The Hall–Kier alpha value is -0.600. The summed E-state index contributed by atoms with van der Waals surface area (Å²) in [6.07, 6.45) is 18.8. The van der Waals surface area contributed by atoms with Crippen molar-refractivity contribution in [2.75, 3.05) is 0 Å². The minimum atomic E-state index is -0.977. The molecule has 246 valence electrons. The highest BCUT2D eigenvalue weighted by atomic mass is 16.3. The topological polar surface area (TPSA) is 80.9 Å². The first kappa shape index (κ1) is 30.7. The van der Waals surface area contributed by atoms with Crippen molar-refractivity contribution in [3.05, 3.63) is 0 Å². The second-order valence-electron chi connectivity index (χ2n) is 19.3. The summed E-state index contributed by atoms with van der Waals surface area (Å²) in [6, 6.07) is 0. The van der Waals surface area contributed by atoms with Gasteiger partial charge in [-0.25, -0.2) is 0 Å². The highest BCUT2D eigenvalue weighted by Gasteiger charge is 2.63. The molecule has 8 fully saturated rings. The molecule has 4 heteroatoms. The average Bonchev–Trinajstić information content (AvgIpc) is 3.47. The molecule has 0 aromatic rings. The minimum absolute atomic E-state index is 0.118. The largest absolute Gasteiger partial charge is 0.393 e. The Morgan fingerprint density at radius 1 is 0.432 bits per heavy atom. The average molecular weight is 607 g/mol. The predicted molar refractivity (Wildman–Crippen MR) is 173 cm³/mol. The lowest BCUT2D eigenvalue weighted by Crippen LogP contribution is -2.56. The smallest absolute Gasteiger partial charge is 0.125 e. The maximum Gasteiger partial charge on any atom is 0.125 e. The number of aliphatic hydroxyl groups excluding tert-OH is 2. The molecule has 0 aliphatic heterocycles. The fourth-order valence-electron chi connectivity index (χ4n) is 14.9. The van der Waals surface area contributed by atoms with E-state index in [0.29, 0.717) is 35.5 Å². The molecule has 0 spiro atoms. The number of hydrogen-bond acceptors (Lipinski definition) is 4. The van der Waals surface area contributed by atoms with E-state index in [-0.39, 0.29) is 33.9 Å². The van der Waals surface area contributed by atoms with E-state index in [1.54, 1.807) is 0 Å². The number of rotatable bonds is 0. The molecule has 44 heavy (non-hydrogen) atoms. The summed E-state index contributed by atoms with van der Waals surface area (Å²) in [5, 5.41) is 45.5. The van der Waals surface area contributed by atoms with Crippen molar-refractivity contribution >= 4 is 0 Å². The summed E-state index contributed by atoms with van der Waals surface area (Å²) in [4.78, 5) is 0. The lowest BCUT2D eigenvalue weighted by Gasteiger charge is -2.61. The van der Waals surface area contributed by atoms with Crippen molar-refractivity contribution in [2.45, 2.75) is 167 Å². The zero-order chi connectivity index (χ0) is 30.9. The molecule has 4 nitrogen and oxygen atoms in total. The molecule has 0 unspecified atom stereocenters. The van der Waals surface area contributed by atoms with Crippen molar-refractivity contribution in [1.82, 2.24) is 0 Å². The molecular weight excluding hydrogens is 544 g/mol. The van der Waals surface area contributed by atoms with E-state index in [4.69, 9.17) is 0 Å². The van der Waals surface area contributed by atoms with Crippen LogP contribution in [0.15, 0.2) is 0 Å². The van der Waals surface area contributed by atoms with Crippen LogP contribution in [0.4, 0.5) is 0 Å². The number of hydrogen-bond donors (Lipinski definition) is 4. The Morgan fingerprint density at radius 3 is 1.23 bits per heavy atom. The molecule has 8 aliphatic carbocycles. The van der Waals surface area contributed by atoms with Gasteiger partial charge in [0.15, 0.2) is 0 Å². The second kappa shape index (κ2) is 9.96. The zero-order valence-electron chi connectivity index (χ0n) is 28.3. The number of aliphatic hydroxyl groups is 4. The SMILES string of the molecule is C[C@]12CC[C@H]3[C@@H](CC[C@H]4C[C@](O)(C#C[C@@]5(O)CC[C@@]6(C)[C@@H](CC[C@@H]7[C@@H]6CC[C@]6(C)[C@@H](O)CC[C@@H]76)C5)CC[C@@]43C)[C@H]1CC[C@@H]2O.